The molecule has 0 amide bonds. The number of ketones is 1. The van der Waals surface area contributed by atoms with E-state index in [0.717, 1.165) is 18.4 Å². The van der Waals surface area contributed by atoms with Gasteiger partial charge in [-0.2, -0.15) is 4.80 Å². The molecule has 0 N–H and O–H groups in total. The van der Waals surface area contributed by atoms with Crippen molar-refractivity contribution in [1.82, 2.24) is 20.2 Å². The number of carbonyl (C=O) groups excluding carboxylic acids is 1. The fraction of sp³-hybridized carbons (Fsp3) is 0.556. The van der Waals surface area contributed by atoms with Crippen LogP contribution in [0.5, 0.6) is 0 Å². The van der Waals surface area contributed by atoms with Gasteiger partial charge in [0.1, 0.15) is 0 Å². The normalized spacial score (nSPS) is 16.9. The number of aromatic nitrogens is 4. The molecular formula is C9H12N4O. The molecule has 1 aliphatic rings. The fourth-order valence-electron chi connectivity index (χ4n) is 1.60. The maximum Gasteiger partial charge on any atom is 0.178 e. The van der Waals surface area contributed by atoms with Gasteiger partial charge >= 0.3 is 0 Å². The van der Waals surface area contributed by atoms with E-state index < -0.39 is 0 Å². The van der Waals surface area contributed by atoms with Crippen molar-refractivity contribution in [2.75, 3.05) is 0 Å². The topological polar surface area (TPSA) is 60.7 Å². The van der Waals surface area contributed by atoms with Crippen molar-refractivity contribution in [3.63, 3.8) is 0 Å². The Labute approximate surface area is 81.8 Å². The van der Waals surface area contributed by atoms with Crippen molar-refractivity contribution in [1.29, 1.82) is 0 Å². The number of aryl methyl sites for hydroxylation is 1. The molecule has 74 valence electrons. The van der Waals surface area contributed by atoms with Crippen LogP contribution in [-0.2, 0) is 18.3 Å². The predicted octanol–water partition coefficient (Wildman–Crippen LogP) is 0.432. The molecule has 0 bridgehead atoms. The zero-order chi connectivity index (χ0) is 9.97. The zero-order valence-electron chi connectivity index (χ0n) is 8.10. The Bertz CT molecular complexity index is 380. The van der Waals surface area contributed by atoms with Crippen LogP contribution in [0, 0.1) is 0 Å². The summed E-state index contributed by atoms with van der Waals surface area (Å²) in [5.41, 5.74) is 1.12. The predicted molar refractivity (Wildman–Crippen MR) is 49.4 cm³/mol. The first-order chi connectivity index (χ1) is 6.74. The van der Waals surface area contributed by atoms with Crippen molar-refractivity contribution in [3.05, 3.63) is 17.5 Å². The number of rotatable bonds is 2. The molecule has 0 unspecified atom stereocenters. The van der Waals surface area contributed by atoms with E-state index in [2.05, 4.69) is 15.4 Å². The third kappa shape index (κ3) is 2.04. The standard InChI is InChI=1S/C9H12N4O/c1-13-11-9(10-12-13)6-7-3-2-4-8(14)5-7/h5H,2-4,6H2,1H3. The minimum atomic E-state index is 0.218. The quantitative estimate of drug-likeness (QED) is 0.681. The van der Waals surface area contributed by atoms with Crippen LogP contribution in [0.3, 0.4) is 0 Å². The Morgan fingerprint density at radius 3 is 3.00 bits per heavy atom. The molecule has 0 aliphatic heterocycles. The van der Waals surface area contributed by atoms with Crippen molar-refractivity contribution in [3.8, 4) is 0 Å². The number of allylic oxidation sites excluding steroid dienone is 2. The lowest BCUT2D eigenvalue weighted by atomic mass is 9.96. The molecule has 5 nitrogen and oxygen atoms in total. The lowest BCUT2D eigenvalue weighted by Crippen LogP contribution is -2.05. The number of carbonyl (C=O) groups is 1. The highest BCUT2D eigenvalue weighted by Gasteiger charge is 2.12. The van der Waals surface area contributed by atoms with E-state index in [9.17, 15) is 4.79 Å². The van der Waals surface area contributed by atoms with E-state index in [1.165, 1.54) is 4.80 Å². The van der Waals surface area contributed by atoms with Crippen molar-refractivity contribution >= 4 is 5.78 Å². The molecule has 14 heavy (non-hydrogen) atoms. The first-order valence-electron chi connectivity index (χ1n) is 4.69. The first kappa shape index (κ1) is 9.05. The van der Waals surface area contributed by atoms with Gasteiger partial charge in [0.05, 0.1) is 7.05 Å². The van der Waals surface area contributed by atoms with Crippen molar-refractivity contribution < 1.29 is 4.79 Å². The average Bonchev–Trinajstić information content (AvgIpc) is 2.51. The highest BCUT2D eigenvalue weighted by atomic mass is 16.1. The third-order valence-electron chi connectivity index (χ3n) is 2.22. The average molecular weight is 192 g/mol. The van der Waals surface area contributed by atoms with E-state index in [0.29, 0.717) is 18.7 Å². The highest BCUT2D eigenvalue weighted by Crippen LogP contribution is 2.17. The summed E-state index contributed by atoms with van der Waals surface area (Å²) in [5.74, 6) is 0.906. The lowest BCUT2D eigenvalue weighted by molar-refractivity contribution is -0.115. The summed E-state index contributed by atoms with van der Waals surface area (Å²) >= 11 is 0. The second kappa shape index (κ2) is 3.69. The Hall–Kier alpha value is -1.52. The van der Waals surface area contributed by atoms with Crippen molar-refractivity contribution in [2.45, 2.75) is 25.7 Å². The van der Waals surface area contributed by atoms with Gasteiger partial charge in [0.15, 0.2) is 11.6 Å². The maximum atomic E-state index is 11.1. The van der Waals surface area contributed by atoms with E-state index in [-0.39, 0.29) is 5.78 Å². The van der Waals surface area contributed by atoms with Crippen LogP contribution in [0.1, 0.15) is 25.1 Å². The van der Waals surface area contributed by atoms with Crippen LogP contribution in [-0.4, -0.2) is 26.0 Å². The number of tetrazole rings is 1. The molecule has 0 fully saturated rings. The van der Waals surface area contributed by atoms with Gasteiger partial charge in [-0.1, -0.05) is 5.57 Å². The molecule has 5 heteroatoms. The summed E-state index contributed by atoms with van der Waals surface area (Å²) in [7, 11) is 1.73. The lowest BCUT2D eigenvalue weighted by Gasteiger charge is -2.09. The number of hydrogen-bond donors (Lipinski definition) is 0. The fourth-order valence-corrected chi connectivity index (χ4v) is 1.60. The van der Waals surface area contributed by atoms with Crippen LogP contribution in [0.15, 0.2) is 11.6 Å². The van der Waals surface area contributed by atoms with E-state index >= 15 is 0 Å². The van der Waals surface area contributed by atoms with Gasteiger partial charge in [-0.05, 0) is 24.1 Å². The molecular weight excluding hydrogens is 180 g/mol. The van der Waals surface area contributed by atoms with Gasteiger partial charge in [-0.15, -0.1) is 10.2 Å². The molecule has 0 saturated carbocycles. The van der Waals surface area contributed by atoms with Gasteiger partial charge in [-0.3, -0.25) is 4.79 Å². The molecule has 2 rings (SSSR count). The van der Waals surface area contributed by atoms with Gasteiger partial charge in [-0.25, -0.2) is 0 Å². The Morgan fingerprint density at radius 1 is 1.50 bits per heavy atom. The third-order valence-corrected chi connectivity index (χ3v) is 2.22. The first-order valence-corrected chi connectivity index (χ1v) is 4.69. The van der Waals surface area contributed by atoms with Crippen LogP contribution < -0.4 is 0 Å². The SMILES string of the molecule is Cn1nnc(CC2=CC(=O)CCC2)n1. The molecule has 1 aliphatic carbocycles. The number of hydrogen-bond acceptors (Lipinski definition) is 4. The minimum Gasteiger partial charge on any atom is -0.295 e. The summed E-state index contributed by atoms with van der Waals surface area (Å²) in [6, 6.07) is 0. The molecule has 0 saturated heterocycles. The summed E-state index contributed by atoms with van der Waals surface area (Å²) in [6.07, 6.45) is 4.98. The molecule has 1 aromatic heterocycles. The second-order valence-electron chi connectivity index (χ2n) is 3.49. The van der Waals surface area contributed by atoms with Crippen LogP contribution >= 0.6 is 0 Å². The molecule has 0 spiro atoms. The maximum absolute atomic E-state index is 11.1. The molecule has 0 radical (unpaired) electrons. The van der Waals surface area contributed by atoms with Gasteiger partial charge in [0, 0.05) is 12.8 Å². The molecule has 0 aromatic carbocycles. The Kier molecular flexibility index (Phi) is 2.39. The minimum absolute atomic E-state index is 0.218. The monoisotopic (exact) mass is 192 g/mol. The summed E-state index contributed by atoms with van der Waals surface area (Å²) in [6.45, 7) is 0. The summed E-state index contributed by atoms with van der Waals surface area (Å²) in [5, 5.41) is 11.7. The molecule has 1 heterocycles. The summed E-state index contributed by atoms with van der Waals surface area (Å²) < 4.78 is 0. The molecule has 0 atom stereocenters. The largest absolute Gasteiger partial charge is 0.295 e. The van der Waals surface area contributed by atoms with Gasteiger partial charge < -0.3 is 0 Å². The van der Waals surface area contributed by atoms with E-state index in [4.69, 9.17) is 0 Å². The van der Waals surface area contributed by atoms with Gasteiger partial charge in [0.25, 0.3) is 0 Å². The van der Waals surface area contributed by atoms with Gasteiger partial charge in [0.2, 0.25) is 0 Å². The number of nitrogens with zero attached hydrogens (tertiary/aromatic N) is 4. The highest BCUT2D eigenvalue weighted by molar-refractivity contribution is 5.91. The second-order valence-corrected chi connectivity index (χ2v) is 3.49. The summed E-state index contributed by atoms with van der Waals surface area (Å²) in [4.78, 5) is 12.6. The van der Waals surface area contributed by atoms with Crippen LogP contribution in [0.4, 0.5) is 0 Å². The Morgan fingerprint density at radius 2 is 2.36 bits per heavy atom. The van der Waals surface area contributed by atoms with Crippen LogP contribution in [0.25, 0.3) is 0 Å². The van der Waals surface area contributed by atoms with E-state index in [1.807, 2.05) is 0 Å². The smallest absolute Gasteiger partial charge is 0.178 e. The van der Waals surface area contributed by atoms with E-state index in [1.54, 1.807) is 13.1 Å². The van der Waals surface area contributed by atoms with Crippen LogP contribution in [0.2, 0.25) is 0 Å². The zero-order valence-corrected chi connectivity index (χ0v) is 8.10. The molecule has 1 aromatic rings. The van der Waals surface area contributed by atoms with Crippen molar-refractivity contribution in [2.24, 2.45) is 7.05 Å². The Balaban J connectivity index is 2.07.